The van der Waals surface area contributed by atoms with Gasteiger partial charge in [0.2, 0.25) is 5.91 Å². The smallest absolute Gasteiger partial charge is 0.286 e. The summed E-state index contributed by atoms with van der Waals surface area (Å²) in [5.74, 6) is -0.300. The minimum absolute atomic E-state index is 0.00594. The molecule has 24 heavy (non-hydrogen) atoms. The van der Waals surface area contributed by atoms with Gasteiger partial charge in [0.05, 0.1) is 16.5 Å². The Morgan fingerprint density at radius 1 is 1.08 bits per heavy atom. The van der Waals surface area contributed by atoms with Gasteiger partial charge in [0.1, 0.15) is 0 Å². The molecule has 0 saturated carbocycles. The molecule has 2 amide bonds. The number of halogens is 2. The van der Waals surface area contributed by atoms with E-state index < -0.39 is 0 Å². The minimum Gasteiger partial charge on any atom is -0.324 e. The molecule has 4 nitrogen and oxygen atoms in total. The van der Waals surface area contributed by atoms with Crippen molar-refractivity contribution in [1.82, 2.24) is 0 Å². The van der Waals surface area contributed by atoms with Crippen molar-refractivity contribution in [1.29, 1.82) is 0 Å². The third-order valence-electron chi connectivity index (χ3n) is 3.35. The van der Waals surface area contributed by atoms with Gasteiger partial charge in [-0.1, -0.05) is 53.2 Å². The molecular weight excluding hydrogens is 367 g/mol. The van der Waals surface area contributed by atoms with Gasteiger partial charge in [0.15, 0.2) is 0 Å². The summed E-state index contributed by atoms with van der Waals surface area (Å²) in [6, 6.07) is 12.3. The van der Waals surface area contributed by atoms with Crippen LogP contribution in [0.1, 0.15) is 5.56 Å². The monoisotopic (exact) mass is 382 g/mol. The van der Waals surface area contributed by atoms with E-state index in [0.29, 0.717) is 21.4 Å². The maximum Gasteiger partial charge on any atom is 0.286 e. The predicted octanol–water partition coefficient (Wildman–Crippen LogP) is 5.23. The Morgan fingerprint density at radius 3 is 2.46 bits per heavy atom. The number of para-hydroxylation sites is 1. The summed E-state index contributed by atoms with van der Waals surface area (Å²) in [6.07, 6.45) is 0. The van der Waals surface area contributed by atoms with Crippen LogP contribution in [0, 0.1) is 6.92 Å². The van der Waals surface area contributed by atoms with Crippen molar-refractivity contribution in [2.24, 2.45) is 0 Å². The first-order valence-electron chi connectivity index (χ1n) is 7.10. The Bertz CT molecular complexity index is 768. The fourth-order valence-corrected chi connectivity index (χ4v) is 3.00. The highest BCUT2D eigenvalue weighted by molar-refractivity contribution is 8.14. The fourth-order valence-electron chi connectivity index (χ4n) is 2.03. The molecule has 0 atom stereocenters. The van der Waals surface area contributed by atoms with Crippen LogP contribution >= 0.6 is 35.0 Å². The van der Waals surface area contributed by atoms with E-state index in [9.17, 15) is 9.59 Å². The Morgan fingerprint density at radius 2 is 1.75 bits per heavy atom. The molecule has 0 aliphatic rings. The van der Waals surface area contributed by atoms with Crippen LogP contribution in [0.2, 0.25) is 10.0 Å². The largest absolute Gasteiger partial charge is 0.324 e. The zero-order chi connectivity index (χ0) is 17.7. The van der Waals surface area contributed by atoms with Crippen LogP contribution in [0.4, 0.5) is 16.2 Å². The second kappa shape index (κ2) is 8.42. The van der Waals surface area contributed by atoms with Crippen LogP contribution in [0.25, 0.3) is 0 Å². The third kappa shape index (κ3) is 4.66. The number of nitrogens with zero attached hydrogens (tertiary/aromatic N) is 1. The highest BCUT2D eigenvalue weighted by Crippen LogP contribution is 2.27. The van der Waals surface area contributed by atoms with Crippen molar-refractivity contribution in [3.05, 3.63) is 58.1 Å². The average molecular weight is 383 g/mol. The molecular formula is C17H16Cl2N2O2S. The Hall–Kier alpha value is -1.69. The molecule has 2 rings (SSSR count). The normalized spacial score (nSPS) is 10.3. The summed E-state index contributed by atoms with van der Waals surface area (Å²) in [5.41, 5.74) is 2.05. The SMILES string of the molecule is Cc1c(Cl)cccc1N(C)C(=O)SCC(=O)Nc1ccccc1Cl. The van der Waals surface area contributed by atoms with Crippen molar-refractivity contribution in [3.8, 4) is 0 Å². The topological polar surface area (TPSA) is 49.4 Å². The van der Waals surface area contributed by atoms with E-state index in [4.69, 9.17) is 23.2 Å². The molecule has 0 fully saturated rings. The van der Waals surface area contributed by atoms with E-state index in [2.05, 4.69) is 5.32 Å². The molecule has 0 aliphatic carbocycles. The van der Waals surface area contributed by atoms with E-state index in [1.807, 2.05) is 13.0 Å². The van der Waals surface area contributed by atoms with Crippen LogP contribution in [-0.4, -0.2) is 23.9 Å². The van der Waals surface area contributed by atoms with Crippen LogP contribution in [-0.2, 0) is 4.79 Å². The van der Waals surface area contributed by atoms with Crippen LogP contribution in [0.3, 0.4) is 0 Å². The molecule has 0 saturated heterocycles. The van der Waals surface area contributed by atoms with Crippen molar-refractivity contribution in [3.63, 3.8) is 0 Å². The number of anilines is 2. The average Bonchev–Trinajstić information content (AvgIpc) is 2.56. The van der Waals surface area contributed by atoms with Gasteiger partial charge in [-0.05, 0) is 36.8 Å². The molecule has 0 aromatic heterocycles. The van der Waals surface area contributed by atoms with Gasteiger partial charge in [-0.2, -0.15) is 0 Å². The molecule has 0 radical (unpaired) electrons. The summed E-state index contributed by atoms with van der Waals surface area (Å²) in [7, 11) is 1.65. The zero-order valence-corrected chi connectivity index (χ0v) is 15.5. The lowest BCUT2D eigenvalue weighted by Crippen LogP contribution is -2.25. The van der Waals surface area contributed by atoms with Gasteiger partial charge in [-0.15, -0.1) is 0 Å². The predicted molar refractivity (Wildman–Crippen MR) is 103 cm³/mol. The highest BCUT2D eigenvalue weighted by Gasteiger charge is 2.16. The van der Waals surface area contributed by atoms with Crippen LogP contribution in [0.15, 0.2) is 42.5 Å². The zero-order valence-electron chi connectivity index (χ0n) is 13.2. The summed E-state index contributed by atoms with van der Waals surface area (Å²) in [6.45, 7) is 1.84. The maximum atomic E-state index is 12.3. The van der Waals surface area contributed by atoms with E-state index in [-0.39, 0.29) is 16.9 Å². The Labute approximate surface area is 155 Å². The summed E-state index contributed by atoms with van der Waals surface area (Å²) >= 11 is 13.0. The third-order valence-corrected chi connectivity index (χ3v) is 5.02. The van der Waals surface area contributed by atoms with E-state index in [1.54, 1.807) is 43.4 Å². The van der Waals surface area contributed by atoms with Crippen molar-refractivity contribution >= 4 is 57.5 Å². The minimum atomic E-state index is -0.294. The number of benzene rings is 2. The lowest BCUT2D eigenvalue weighted by Gasteiger charge is -2.19. The number of amides is 2. The van der Waals surface area contributed by atoms with Gasteiger partial charge in [0.25, 0.3) is 5.24 Å². The molecule has 0 heterocycles. The van der Waals surface area contributed by atoms with Crippen molar-refractivity contribution in [2.45, 2.75) is 6.92 Å². The molecule has 0 spiro atoms. The number of carbonyl (C=O) groups is 2. The first-order chi connectivity index (χ1) is 11.4. The molecule has 126 valence electrons. The van der Waals surface area contributed by atoms with Crippen LogP contribution < -0.4 is 10.2 Å². The highest BCUT2D eigenvalue weighted by atomic mass is 35.5. The fraction of sp³-hybridized carbons (Fsp3) is 0.176. The molecule has 1 N–H and O–H groups in total. The summed E-state index contributed by atoms with van der Waals surface area (Å²) in [4.78, 5) is 25.7. The number of nitrogens with one attached hydrogen (secondary N) is 1. The molecule has 0 bridgehead atoms. The van der Waals surface area contributed by atoms with Gasteiger partial charge >= 0.3 is 0 Å². The molecule has 2 aromatic carbocycles. The number of rotatable bonds is 4. The van der Waals surface area contributed by atoms with Gasteiger partial charge in [0, 0.05) is 17.8 Å². The number of carbonyl (C=O) groups excluding carboxylic acids is 2. The standard InChI is InChI=1S/C17H16Cl2N2O2S/c1-11-12(18)7-5-9-15(11)21(2)17(23)24-10-16(22)20-14-8-4-3-6-13(14)19/h3-9H,10H2,1-2H3,(H,20,22). The first-order valence-corrected chi connectivity index (χ1v) is 8.84. The van der Waals surface area contributed by atoms with Gasteiger partial charge < -0.3 is 10.2 Å². The van der Waals surface area contributed by atoms with Crippen LogP contribution in [0.5, 0.6) is 0 Å². The molecule has 0 aliphatic heterocycles. The maximum absolute atomic E-state index is 12.3. The van der Waals surface area contributed by atoms with Gasteiger partial charge in [-0.3, -0.25) is 9.59 Å². The number of hydrogen-bond donors (Lipinski definition) is 1. The summed E-state index contributed by atoms with van der Waals surface area (Å²) in [5, 5.41) is 3.48. The Balaban J connectivity index is 1.94. The van der Waals surface area contributed by atoms with Crippen molar-refractivity contribution < 1.29 is 9.59 Å². The second-order valence-electron chi connectivity index (χ2n) is 5.03. The first kappa shape index (κ1) is 18.6. The lowest BCUT2D eigenvalue weighted by molar-refractivity contribution is -0.113. The second-order valence-corrected chi connectivity index (χ2v) is 6.77. The molecule has 2 aromatic rings. The lowest BCUT2D eigenvalue weighted by atomic mass is 10.2. The van der Waals surface area contributed by atoms with E-state index >= 15 is 0 Å². The van der Waals surface area contributed by atoms with Gasteiger partial charge in [-0.25, -0.2) is 0 Å². The van der Waals surface area contributed by atoms with E-state index in [1.165, 1.54) is 4.90 Å². The number of hydrogen-bond acceptors (Lipinski definition) is 3. The number of thioether (sulfide) groups is 1. The quantitative estimate of drug-likeness (QED) is 0.787. The van der Waals surface area contributed by atoms with E-state index in [0.717, 1.165) is 17.3 Å². The molecule has 0 unspecified atom stereocenters. The molecule has 7 heteroatoms. The van der Waals surface area contributed by atoms with Crippen molar-refractivity contribution in [2.75, 3.05) is 23.0 Å². The Kier molecular flexibility index (Phi) is 6.54. The summed E-state index contributed by atoms with van der Waals surface area (Å²) < 4.78 is 0.